The minimum absolute atomic E-state index is 0.254. The highest BCUT2D eigenvalue weighted by Crippen LogP contribution is 2.38. The van der Waals surface area contributed by atoms with Crippen molar-refractivity contribution in [3.8, 4) is 11.5 Å². The van der Waals surface area contributed by atoms with Gasteiger partial charge in [0, 0.05) is 25.1 Å². The van der Waals surface area contributed by atoms with Gasteiger partial charge in [0.2, 0.25) is 0 Å². The van der Waals surface area contributed by atoms with E-state index in [1.165, 1.54) is 128 Å². The molecule has 44 heavy (non-hydrogen) atoms. The number of hydroxylamine groups is 2. The second-order valence-electron chi connectivity index (χ2n) is 13.0. The van der Waals surface area contributed by atoms with Gasteiger partial charge in [-0.2, -0.15) is 0 Å². The number of hydrogen-bond donors (Lipinski definition) is 0. The van der Waals surface area contributed by atoms with E-state index in [1.54, 1.807) is 0 Å². The molecule has 2 aromatic rings. The summed E-state index contributed by atoms with van der Waals surface area (Å²) < 4.78 is 6.14. The molecule has 0 aromatic heterocycles. The average molecular weight is 606 g/mol. The number of carbonyl (C=O) groups excluding carboxylic acids is 1. The highest BCUT2D eigenvalue weighted by Gasteiger charge is 2.24. The summed E-state index contributed by atoms with van der Waals surface area (Å²) in [6.45, 7) is 6.19. The minimum atomic E-state index is -0.254. The van der Waals surface area contributed by atoms with Crippen LogP contribution in [0.4, 0.5) is 0 Å². The van der Waals surface area contributed by atoms with Gasteiger partial charge in [-0.1, -0.05) is 167 Å². The van der Waals surface area contributed by atoms with Crippen LogP contribution in [0.1, 0.15) is 177 Å². The first kappa shape index (κ1) is 36.1. The molecule has 0 saturated carbocycles. The van der Waals surface area contributed by atoms with E-state index < -0.39 is 0 Å². The number of ether oxygens (including phenoxy) is 1. The Morgan fingerprint density at radius 3 is 1.57 bits per heavy atom. The molecule has 3 rings (SSSR count). The maximum absolute atomic E-state index is 13.5. The van der Waals surface area contributed by atoms with Gasteiger partial charge in [-0.3, -0.25) is 0 Å². The van der Waals surface area contributed by atoms with E-state index in [9.17, 15) is 4.79 Å². The Kier molecular flexibility index (Phi) is 19.0. The van der Waals surface area contributed by atoms with Crippen molar-refractivity contribution in [1.29, 1.82) is 0 Å². The van der Waals surface area contributed by atoms with Gasteiger partial charge in [-0.25, -0.2) is 4.79 Å². The molecule has 0 unspecified atom stereocenters. The molecule has 0 N–H and O–H groups in total. The third-order valence-electron chi connectivity index (χ3n) is 9.15. The van der Waals surface area contributed by atoms with E-state index in [2.05, 4.69) is 19.9 Å². The SMILES string of the molecule is CCCCCCCCCCCCCN(CCCCCCCCCCCCC)OC(=O)c1cccc2c1Cc1ccccc1O2. The van der Waals surface area contributed by atoms with E-state index >= 15 is 0 Å². The normalized spacial score (nSPS) is 12.2. The van der Waals surface area contributed by atoms with Crippen molar-refractivity contribution < 1.29 is 14.4 Å². The topological polar surface area (TPSA) is 38.8 Å². The number of benzene rings is 2. The molecule has 4 nitrogen and oxygen atoms in total. The monoisotopic (exact) mass is 605 g/mol. The molecule has 0 spiro atoms. The van der Waals surface area contributed by atoms with E-state index in [0.717, 1.165) is 48.6 Å². The van der Waals surface area contributed by atoms with E-state index in [0.29, 0.717) is 12.0 Å². The quantitative estimate of drug-likeness (QED) is 0.0674. The molecule has 0 radical (unpaired) electrons. The van der Waals surface area contributed by atoms with Crippen molar-refractivity contribution >= 4 is 5.97 Å². The molecule has 0 saturated heterocycles. The maximum Gasteiger partial charge on any atom is 0.357 e. The lowest BCUT2D eigenvalue weighted by Gasteiger charge is -2.24. The third-order valence-corrected chi connectivity index (χ3v) is 9.15. The highest BCUT2D eigenvalue weighted by molar-refractivity contribution is 5.92. The molecule has 1 heterocycles. The van der Waals surface area contributed by atoms with Crippen LogP contribution in [-0.4, -0.2) is 24.1 Å². The van der Waals surface area contributed by atoms with Gasteiger partial charge in [0.1, 0.15) is 11.5 Å². The number of unbranched alkanes of at least 4 members (excludes halogenated alkanes) is 20. The minimum Gasteiger partial charge on any atom is -0.457 e. The first-order valence-corrected chi connectivity index (χ1v) is 18.6. The number of carbonyl (C=O) groups is 1. The van der Waals surface area contributed by atoms with Crippen LogP contribution >= 0.6 is 0 Å². The van der Waals surface area contributed by atoms with E-state index in [4.69, 9.17) is 9.57 Å². The number of fused-ring (bicyclic) bond motifs is 2. The van der Waals surface area contributed by atoms with Crippen LogP contribution in [0.3, 0.4) is 0 Å². The third kappa shape index (κ3) is 14.2. The predicted octanol–water partition coefficient (Wildman–Crippen LogP) is 12.4. The first-order valence-electron chi connectivity index (χ1n) is 18.6. The van der Waals surface area contributed by atoms with Crippen LogP contribution in [0.15, 0.2) is 42.5 Å². The second kappa shape index (κ2) is 23.1. The molecular formula is C40H63NO3. The zero-order valence-corrected chi connectivity index (χ0v) is 28.4. The summed E-state index contributed by atoms with van der Waals surface area (Å²) in [5.74, 6) is 1.39. The van der Waals surface area contributed by atoms with Crippen LogP contribution < -0.4 is 4.74 Å². The van der Waals surface area contributed by atoms with Gasteiger partial charge in [-0.15, -0.1) is 5.06 Å². The van der Waals surface area contributed by atoms with Gasteiger partial charge in [-0.05, 0) is 36.6 Å². The summed E-state index contributed by atoms with van der Waals surface area (Å²) in [7, 11) is 0. The second-order valence-corrected chi connectivity index (χ2v) is 13.0. The van der Waals surface area contributed by atoms with Crippen LogP contribution in [0.5, 0.6) is 11.5 Å². The van der Waals surface area contributed by atoms with Crippen molar-refractivity contribution in [3.63, 3.8) is 0 Å². The molecule has 2 aromatic carbocycles. The molecule has 0 amide bonds. The zero-order chi connectivity index (χ0) is 31.1. The zero-order valence-electron chi connectivity index (χ0n) is 28.4. The lowest BCUT2D eigenvalue weighted by molar-refractivity contribution is -0.111. The van der Waals surface area contributed by atoms with Crippen molar-refractivity contribution in [3.05, 3.63) is 59.2 Å². The summed E-state index contributed by atoms with van der Waals surface area (Å²) in [4.78, 5) is 19.6. The number of para-hydroxylation sites is 1. The molecule has 0 bridgehead atoms. The molecule has 246 valence electrons. The standard InChI is InChI=1S/C40H63NO3/c1-3-5-7-9-11-13-15-17-19-21-25-32-41(33-26-22-20-18-16-14-12-10-8-6-4-2)44-40(42)36-29-27-31-39-37(36)34-35-28-23-24-30-38(35)43-39/h23-24,27-31H,3-22,25-26,32-34H2,1-2H3. The van der Waals surface area contributed by atoms with Gasteiger partial charge in [0.25, 0.3) is 0 Å². The summed E-state index contributed by atoms with van der Waals surface area (Å²) in [6, 6.07) is 13.8. The lowest BCUT2D eigenvalue weighted by atomic mass is 9.96. The Bertz CT molecular complexity index is 1010. The van der Waals surface area contributed by atoms with Gasteiger partial charge < -0.3 is 9.57 Å². The number of rotatable bonds is 26. The number of hydrogen-bond acceptors (Lipinski definition) is 4. The van der Waals surface area contributed by atoms with Gasteiger partial charge in [0.05, 0.1) is 5.56 Å². The van der Waals surface area contributed by atoms with Gasteiger partial charge in [0.15, 0.2) is 0 Å². The Hall–Kier alpha value is -2.33. The Labute approximate surface area is 270 Å². The van der Waals surface area contributed by atoms with Crippen molar-refractivity contribution in [1.82, 2.24) is 5.06 Å². The van der Waals surface area contributed by atoms with E-state index in [1.807, 2.05) is 41.5 Å². The van der Waals surface area contributed by atoms with Crippen molar-refractivity contribution in [2.24, 2.45) is 0 Å². The van der Waals surface area contributed by atoms with Crippen LogP contribution in [0.2, 0.25) is 0 Å². The molecule has 4 heteroatoms. The molecule has 0 atom stereocenters. The van der Waals surface area contributed by atoms with Gasteiger partial charge >= 0.3 is 5.97 Å². The van der Waals surface area contributed by atoms with Crippen molar-refractivity contribution in [2.75, 3.05) is 13.1 Å². The molecule has 0 fully saturated rings. The summed E-state index contributed by atoms with van der Waals surface area (Å²) in [5, 5.41) is 1.96. The molecule has 1 aliphatic rings. The molecule has 0 aliphatic carbocycles. The Balaban J connectivity index is 1.42. The van der Waals surface area contributed by atoms with Crippen LogP contribution in [0, 0.1) is 0 Å². The van der Waals surface area contributed by atoms with Crippen LogP contribution in [0.25, 0.3) is 0 Å². The van der Waals surface area contributed by atoms with E-state index in [-0.39, 0.29) is 5.97 Å². The summed E-state index contributed by atoms with van der Waals surface area (Å²) in [5.41, 5.74) is 2.67. The fraction of sp³-hybridized carbons (Fsp3) is 0.675. The number of nitrogens with zero attached hydrogens (tertiary/aromatic N) is 1. The summed E-state index contributed by atoms with van der Waals surface area (Å²) >= 11 is 0. The fourth-order valence-corrected chi connectivity index (χ4v) is 6.37. The Morgan fingerprint density at radius 2 is 1.05 bits per heavy atom. The predicted molar refractivity (Wildman–Crippen MR) is 186 cm³/mol. The molecule has 1 aliphatic heterocycles. The van der Waals surface area contributed by atoms with Crippen molar-refractivity contribution in [2.45, 2.75) is 162 Å². The largest absolute Gasteiger partial charge is 0.457 e. The summed E-state index contributed by atoms with van der Waals surface area (Å²) in [6.07, 6.45) is 29.7. The molecular weight excluding hydrogens is 542 g/mol. The average Bonchev–Trinajstić information content (AvgIpc) is 3.04. The van der Waals surface area contributed by atoms with Crippen LogP contribution in [-0.2, 0) is 11.3 Å². The fourth-order valence-electron chi connectivity index (χ4n) is 6.37. The smallest absolute Gasteiger partial charge is 0.357 e. The lowest BCUT2D eigenvalue weighted by Crippen LogP contribution is -2.30. The maximum atomic E-state index is 13.5. The Morgan fingerprint density at radius 1 is 0.591 bits per heavy atom. The first-order chi connectivity index (χ1) is 21.7. The highest BCUT2D eigenvalue weighted by atomic mass is 16.7.